The monoisotopic (exact) mass is 390 g/mol. The Morgan fingerprint density at radius 2 is 2.00 bits per heavy atom. The molecule has 7 heteroatoms. The van der Waals surface area contributed by atoms with Gasteiger partial charge in [-0.25, -0.2) is 0 Å². The van der Waals surface area contributed by atoms with Gasteiger partial charge in [-0.05, 0) is 49.5 Å². The van der Waals surface area contributed by atoms with Gasteiger partial charge in [-0.2, -0.15) is 0 Å². The van der Waals surface area contributed by atoms with E-state index in [2.05, 4.69) is 45.0 Å². The quantitative estimate of drug-likeness (QED) is 0.713. The summed E-state index contributed by atoms with van der Waals surface area (Å²) < 4.78 is 2.25. The van der Waals surface area contributed by atoms with E-state index < -0.39 is 0 Å². The van der Waals surface area contributed by atoms with E-state index in [9.17, 15) is 4.79 Å². The number of aromatic nitrogens is 3. The summed E-state index contributed by atoms with van der Waals surface area (Å²) in [5.74, 6) is 2.35. The SMILES string of the molecule is CC1CC(C)CN(C(=O)C(C)Sc2nnc(-c3cccs3)n2C2CC2)C1. The number of likely N-dealkylation sites (tertiary alicyclic amines) is 1. The third kappa shape index (κ3) is 3.69. The Morgan fingerprint density at radius 1 is 1.27 bits per heavy atom. The van der Waals surface area contributed by atoms with Crippen LogP contribution in [0.2, 0.25) is 0 Å². The number of thioether (sulfide) groups is 1. The highest BCUT2D eigenvalue weighted by atomic mass is 32.2. The number of hydrogen-bond donors (Lipinski definition) is 0. The molecular weight excluding hydrogens is 364 g/mol. The molecule has 0 aromatic carbocycles. The van der Waals surface area contributed by atoms with Crippen LogP contribution in [0.4, 0.5) is 0 Å². The minimum atomic E-state index is -0.134. The van der Waals surface area contributed by atoms with Gasteiger partial charge in [0, 0.05) is 19.1 Å². The Bertz CT molecular complexity index is 759. The van der Waals surface area contributed by atoms with Crippen LogP contribution in [0, 0.1) is 11.8 Å². The van der Waals surface area contributed by atoms with E-state index in [1.807, 2.05) is 13.0 Å². The molecule has 3 atom stereocenters. The number of rotatable bonds is 5. The van der Waals surface area contributed by atoms with E-state index in [0.29, 0.717) is 17.9 Å². The molecule has 0 radical (unpaired) electrons. The van der Waals surface area contributed by atoms with Gasteiger partial charge in [0.15, 0.2) is 11.0 Å². The van der Waals surface area contributed by atoms with Gasteiger partial charge in [0.2, 0.25) is 5.91 Å². The van der Waals surface area contributed by atoms with Crippen LogP contribution in [0.3, 0.4) is 0 Å². The van der Waals surface area contributed by atoms with Gasteiger partial charge in [0.1, 0.15) is 0 Å². The second kappa shape index (κ2) is 7.35. The zero-order valence-corrected chi connectivity index (χ0v) is 17.2. The highest BCUT2D eigenvalue weighted by Gasteiger charge is 2.33. The summed E-state index contributed by atoms with van der Waals surface area (Å²) in [5, 5.41) is 11.7. The number of piperidine rings is 1. The van der Waals surface area contributed by atoms with Crippen molar-refractivity contribution >= 4 is 29.0 Å². The van der Waals surface area contributed by atoms with Crippen molar-refractivity contribution in [3.05, 3.63) is 17.5 Å². The van der Waals surface area contributed by atoms with Gasteiger partial charge in [-0.1, -0.05) is 31.7 Å². The van der Waals surface area contributed by atoms with Gasteiger partial charge in [-0.15, -0.1) is 21.5 Å². The van der Waals surface area contributed by atoms with Crippen molar-refractivity contribution in [1.29, 1.82) is 0 Å². The van der Waals surface area contributed by atoms with Crippen molar-refractivity contribution in [3.63, 3.8) is 0 Å². The van der Waals surface area contributed by atoms with Gasteiger partial charge >= 0.3 is 0 Å². The molecule has 1 aliphatic heterocycles. The molecule has 26 heavy (non-hydrogen) atoms. The van der Waals surface area contributed by atoms with E-state index in [1.165, 1.54) is 19.3 Å². The second-order valence-corrected chi connectivity index (χ2v) is 10.1. The molecule has 3 heterocycles. The van der Waals surface area contributed by atoms with Crippen molar-refractivity contribution in [2.45, 2.75) is 56.5 Å². The third-order valence-electron chi connectivity index (χ3n) is 5.13. The lowest BCUT2D eigenvalue weighted by Gasteiger charge is -2.36. The van der Waals surface area contributed by atoms with Gasteiger partial charge < -0.3 is 4.90 Å². The standard InChI is InChI=1S/C19H26N4OS2/c1-12-9-13(2)11-22(10-12)18(24)14(3)26-19-21-20-17(16-5-4-8-25-16)23(19)15-6-7-15/h4-5,8,12-15H,6-7,9-11H2,1-3H3. The highest BCUT2D eigenvalue weighted by Crippen LogP contribution is 2.42. The first-order valence-corrected chi connectivity index (χ1v) is 11.2. The molecule has 5 nitrogen and oxygen atoms in total. The van der Waals surface area contributed by atoms with E-state index in [4.69, 9.17) is 0 Å². The fourth-order valence-electron chi connectivity index (χ4n) is 3.90. The van der Waals surface area contributed by atoms with Crippen LogP contribution in [0.25, 0.3) is 10.7 Å². The predicted octanol–water partition coefficient (Wildman–Crippen LogP) is 4.33. The van der Waals surface area contributed by atoms with Crippen LogP contribution >= 0.6 is 23.1 Å². The first-order chi connectivity index (χ1) is 12.5. The van der Waals surface area contributed by atoms with Crippen LogP contribution in [0.5, 0.6) is 0 Å². The molecule has 140 valence electrons. The largest absolute Gasteiger partial charge is 0.341 e. The zero-order chi connectivity index (χ0) is 18.3. The zero-order valence-electron chi connectivity index (χ0n) is 15.6. The summed E-state index contributed by atoms with van der Waals surface area (Å²) >= 11 is 3.25. The summed E-state index contributed by atoms with van der Waals surface area (Å²) in [6.45, 7) is 8.25. The second-order valence-electron chi connectivity index (χ2n) is 7.83. The summed E-state index contributed by atoms with van der Waals surface area (Å²) in [4.78, 5) is 16.2. The average Bonchev–Trinajstić information content (AvgIpc) is 3.13. The Labute approximate surface area is 163 Å². The lowest BCUT2D eigenvalue weighted by atomic mass is 9.92. The van der Waals surface area contributed by atoms with Crippen molar-refractivity contribution in [3.8, 4) is 10.7 Å². The number of nitrogens with zero attached hydrogens (tertiary/aromatic N) is 4. The number of carbonyl (C=O) groups excluding carboxylic acids is 1. The fourth-order valence-corrected chi connectivity index (χ4v) is 5.61. The molecule has 1 amide bonds. The van der Waals surface area contributed by atoms with Crippen molar-refractivity contribution in [2.24, 2.45) is 11.8 Å². The van der Waals surface area contributed by atoms with Crippen LogP contribution in [-0.2, 0) is 4.79 Å². The Balaban J connectivity index is 1.51. The Kier molecular flexibility index (Phi) is 5.10. The molecule has 2 aliphatic rings. The van der Waals surface area contributed by atoms with Gasteiger partial charge in [0.25, 0.3) is 0 Å². The van der Waals surface area contributed by atoms with Crippen molar-refractivity contribution < 1.29 is 4.79 Å². The van der Waals surface area contributed by atoms with Crippen LogP contribution in [-0.4, -0.2) is 43.9 Å². The summed E-state index contributed by atoms with van der Waals surface area (Å²) in [6.07, 6.45) is 3.56. The molecule has 2 aromatic heterocycles. The average molecular weight is 391 g/mol. The predicted molar refractivity (Wildman–Crippen MR) is 106 cm³/mol. The topological polar surface area (TPSA) is 51.0 Å². The number of thiophene rings is 1. The number of amides is 1. The van der Waals surface area contributed by atoms with E-state index in [0.717, 1.165) is 28.9 Å². The fraction of sp³-hybridized carbons (Fsp3) is 0.632. The first-order valence-electron chi connectivity index (χ1n) is 9.47. The molecule has 1 aliphatic carbocycles. The molecule has 1 saturated heterocycles. The van der Waals surface area contributed by atoms with Gasteiger partial charge in [0.05, 0.1) is 10.1 Å². The van der Waals surface area contributed by atoms with Crippen LogP contribution < -0.4 is 0 Å². The smallest absolute Gasteiger partial charge is 0.235 e. The molecule has 4 rings (SSSR count). The van der Waals surface area contributed by atoms with Crippen LogP contribution in [0.15, 0.2) is 22.7 Å². The Morgan fingerprint density at radius 3 is 2.62 bits per heavy atom. The molecule has 1 saturated carbocycles. The minimum absolute atomic E-state index is 0.134. The summed E-state index contributed by atoms with van der Waals surface area (Å²) in [6, 6.07) is 4.62. The van der Waals surface area contributed by atoms with E-state index in [1.54, 1.807) is 23.1 Å². The Hall–Kier alpha value is -1.34. The van der Waals surface area contributed by atoms with Crippen molar-refractivity contribution in [1.82, 2.24) is 19.7 Å². The highest BCUT2D eigenvalue weighted by molar-refractivity contribution is 8.00. The maximum atomic E-state index is 13.0. The van der Waals surface area contributed by atoms with Crippen molar-refractivity contribution in [2.75, 3.05) is 13.1 Å². The summed E-state index contributed by atoms with van der Waals surface area (Å²) in [7, 11) is 0. The molecule has 2 fully saturated rings. The number of carbonyl (C=O) groups is 1. The molecule has 0 spiro atoms. The minimum Gasteiger partial charge on any atom is -0.341 e. The third-order valence-corrected chi connectivity index (χ3v) is 7.04. The lowest BCUT2D eigenvalue weighted by molar-refractivity contribution is -0.132. The maximum Gasteiger partial charge on any atom is 0.235 e. The first kappa shape index (κ1) is 18.0. The maximum absolute atomic E-state index is 13.0. The molecule has 3 unspecified atom stereocenters. The molecule has 2 aromatic rings. The molecule has 0 N–H and O–H groups in total. The van der Waals surface area contributed by atoms with Gasteiger partial charge in [-0.3, -0.25) is 9.36 Å². The van der Waals surface area contributed by atoms with E-state index in [-0.39, 0.29) is 11.2 Å². The normalized spacial score (nSPS) is 24.7. The lowest BCUT2D eigenvalue weighted by Crippen LogP contribution is -2.45. The molecule has 0 bridgehead atoms. The number of hydrogen-bond acceptors (Lipinski definition) is 5. The van der Waals surface area contributed by atoms with E-state index >= 15 is 0 Å². The molecular formula is C19H26N4OS2. The summed E-state index contributed by atoms with van der Waals surface area (Å²) in [5.41, 5.74) is 0. The van der Waals surface area contributed by atoms with Crippen LogP contribution in [0.1, 0.15) is 46.1 Å².